The molecule has 0 bridgehead atoms. The summed E-state index contributed by atoms with van der Waals surface area (Å²) in [5, 5.41) is 6.32. The van der Waals surface area contributed by atoms with Crippen LogP contribution in [0.15, 0.2) is 12.3 Å². The van der Waals surface area contributed by atoms with Gasteiger partial charge in [0.2, 0.25) is 0 Å². The van der Waals surface area contributed by atoms with Gasteiger partial charge in [0.05, 0.1) is 11.9 Å². The lowest BCUT2D eigenvalue weighted by Crippen LogP contribution is -2.46. The molecule has 1 aromatic heterocycles. The summed E-state index contributed by atoms with van der Waals surface area (Å²) in [4.78, 5) is 3.75. The molecule has 0 spiro atoms. The van der Waals surface area contributed by atoms with E-state index in [2.05, 4.69) is 4.98 Å². The molecule has 1 heterocycles. The molecule has 90 valence electrons. The highest BCUT2D eigenvalue weighted by Crippen LogP contribution is 2.27. The SMILES string of the molecule is CN(C)N(c1cc(N)cnc1Cl)S(N)(=O)=O. The van der Waals surface area contributed by atoms with E-state index in [-0.39, 0.29) is 16.5 Å². The lowest BCUT2D eigenvalue weighted by atomic mass is 10.4. The van der Waals surface area contributed by atoms with Crippen molar-refractivity contribution in [2.45, 2.75) is 0 Å². The smallest absolute Gasteiger partial charge is 0.312 e. The lowest BCUT2D eigenvalue weighted by molar-refractivity contribution is 0.425. The Morgan fingerprint density at radius 3 is 2.44 bits per heavy atom. The summed E-state index contributed by atoms with van der Waals surface area (Å²) in [7, 11) is -0.969. The van der Waals surface area contributed by atoms with Crippen LogP contribution in [0.1, 0.15) is 0 Å². The summed E-state index contributed by atoms with van der Waals surface area (Å²) in [5.74, 6) is 0. The van der Waals surface area contributed by atoms with Gasteiger partial charge in [-0.2, -0.15) is 12.8 Å². The number of aromatic nitrogens is 1. The van der Waals surface area contributed by atoms with Crippen molar-refractivity contribution >= 4 is 33.2 Å². The highest BCUT2D eigenvalue weighted by molar-refractivity contribution is 7.90. The van der Waals surface area contributed by atoms with E-state index in [4.69, 9.17) is 22.5 Å². The molecule has 0 aliphatic carbocycles. The number of anilines is 2. The number of hydrogen-bond donors (Lipinski definition) is 2. The molecule has 7 nitrogen and oxygen atoms in total. The van der Waals surface area contributed by atoms with Gasteiger partial charge in [-0.3, -0.25) is 0 Å². The van der Waals surface area contributed by atoms with Crippen LogP contribution < -0.4 is 15.3 Å². The van der Waals surface area contributed by atoms with Gasteiger partial charge in [-0.25, -0.2) is 15.1 Å². The van der Waals surface area contributed by atoms with Crippen molar-refractivity contribution in [1.82, 2.24) is 9.99 Å². The molecule has 1 aromatic rings. The number of rotatable bonds is 3. The van der Waals surface area contributed by atoms with Gasteiger partial charge in [-0.15, -0.1) is 0 Å². The number of hydrogen-bond acceptors (Lipinski definition) is 5. The molecule has 0 atom stereocenters. The summed E-state index contributed by atoms with van der Waals surface area (Å²) in [5.41, 5.74) is 5.90. The first-order chi connectivity index (χ1) is 7.23. The summed E-state index contributed by atoms with van der Waals surface area (Å²) >= 11 is 5.79. The van der Waals surface area contributed by atoms with Crippen molar-refractivity contribution in [2.24, 2.45) is 5.14 Å². The minimum atomic E-state index is -3.98. The number of pyridine rings is 1. The number of nitrogen functional groups attached to an aromatic ring is 1. The zero-order chi connectivity index (χ0) is 12.5. The van der Waals surface area contributed by atoms with Gasteiger partial charge in [-0.1, -0.05) is 11.6 Å². The molecular weight excluding hydrogens is 254 g/mol. The van der Waals surface area contributed by atoms with Crippen LogP contribution in [-0.4, -0.2) is 32.5 Å². The molecule has 0 fully saturated rings. The lowest BCUT2D eigenvalue weighted by Gasteiger charge is -2.28. The summed E-state index contributed by atoms with van der Waals surface area (Å²) in [6.07, 6.45) is 1.32. The van der Waals surface area contributed by atoms with E-state index in [1.54, 1.807) is 0 Å². The first-order valence-corrected chi connectivity index (χ1v) is 6.03. The largest absolute Gasteiger partial charge is 0.397 e. The Morgan fingerprint density at radius 2 is 2.00 bits per heavy atom. The van der Waals surface area contributed by atoms with Gasteiger partial charge >= 0.3 is 10.2 Å². The molecule has 9 heteroatoms. The molecule has 0 amide bonds. The standard InChI is InChI=1S/C7H12ClN5O2S/c1-12(2)13(16(10,14)15)6-3-5(9)4-11-7(6)8/h3-4H,9H2,1-2H3,(H2,10,14,15). The Bertz CT molecular complexity index is 490. The van der Waals surface area contributed by atoms with Crippen LogP contribution in [0.2, 0.25) is 5.15 Å². The van der Waals surface area contributed by atoms with Crippen LogP contribution in [0.3, 0.4) is 0 Å². The minimum absolute atomic E-state index is 0.00285. The zero-order valence-corrected chi connectivity index (χ0v) is 10.3. The zero-order valence-electron chi connectivity index (χ0n) is 8.75. The average molecular weight is 266 g/mol. The molecule has 0 saturated heterocycles. The van der Waals surface area contributed by atoms with E-state index in [0.717, 1.165) is 4.41 Å². The summed E-state index contributed by atoms with van der Waals surface area (Å²) < 4.78 is 23.5. The van der Waals surface area contributed by atoms with Crippen molar-refractivity contribution < 1.29 is 8.42 Å². The molecule has 4 N–H and O–H groups in total. The predicted molar refractivity (Wildman–Crippen MR) is 62.9 cm³/mol. The van der Waals surface area contributed by atoms with Crippen molar-refractivity contribution in [2.75, 3.05) is 24.2 Å². The van der Waals surface area contributed by atoms with E-state index in [0.29, 0.717) is 0 Å². The van der Waals surface area contributed by atoms with E-state index in [9.17, 15) is 8.42 Å². The van der Waals surface area contributed by atoms with Gasteiger partial charge in [-0.05, 0) is 6.07 Å². The van der Waals surface area contributed by atoms with E-state index in [1.165, 1.54) is 31.4 Å². The monoisotopic (exact) mass is 265 g/mol. The van der Waals surface area contributed by atoms with Gasteiger partial charge < -0.3 is 5.73 Å². The van der Waals surface area contributed by atoms with Crippen molar-refractivity contribution in [3.05, 3.63) is 17.4 Å². The molecule has 16 heavy (non-hydrogen) atoms. The molecule has 1 rings (SSSR count). The van der Waals surface area contributed by atoms with Crippen LogP contribution in [0.4, 0.5) is 11.4 Å². The molecular formula is C7H12ClN5O2S. The van der Waals surface area contributed by atoms with Crippen LogP contribution in [0, 0.1) is 0 Å². The van der Waals surface area contributed by atoms with Crippen LogP contribution in [0.5, 0.6) is 0 Å². The second-order valence-corrected chi connectivity index (χ2v) is 4.95. The van der Waals surface area contributed by atoms with Crippen LogP contribution in [-0.2, 0) is 10.2 Å². The Morgan fingerprint density at radius 1 is 1.44 bits per heavy atom. The number of nitrogens with two attached hydrogens (primary N) is 2. The first kappa shape index (κ1) is 13.0. The van der Waals surface area contributed by atoms with Crippen LogP contribution >= 0.6 is 11.6 Å². The number of halogens is 1. The third-order valence-electron chi connectivity index (χ3n) is 1.65. The molecule has 0 radical (unpaired) electrons. The summed E-state index contributed by atoms with van der Waals surface area (Å²) in [6.45, 7) is 0. The minimum Gasteiger partial charge on any atom is -0.397 e. The maximum absolute atomic E-state index is 11.4. The number of hydrazine groups is 1. The van der Waals surface area contributed by atoms with Crippen LogP contribution in [0.25, 0.3) is 0 Å². The fraction of sp³-hybridized carbons (Fsp3) is 0.286. The first-order valence-electron chi connectivity index (χ1n) is 4.15. The predicted octanol–water partition coefficient (Wildman–Crippen LogP) is -0.196. The van der Waals surface area contributed by atoms with Crippen molar-refractivity contribution in [1.29, 1.82) is 0 Å². The topological polar surface area (TPSA) is 106 Å². The van der Waals surface area contributed by atoms with Gasteiger partial charge in [0.1, 0.15) is 5.69 Å². The van der Waals surface area contributed by atoms with E-state index >= 15 is 0 Å². The molecule has 0 aliphatic rings. The number of nitrogens with zero attached hydrogens (tertiary/aromatic N) is 3. The molecule has 0 unspecified atom stereocenters. The summed E-state index contributed by atoms with van der Waals surface area (Å²) in [6, 6.07) is 1.37. The van der Waals surface area contributed by atoms with Gasteiger partial charge in [0, 0.05) is 14.1 Å². The Hall–Kier alpha value is -1.09. The highest BCUT2D eigenvalue weighted by atomic mass is 35.5. The molecule has 0 aliphatic heterocycles. The third-order valence-corrected chi connectivity index (χ3v) is 2.95. The molecule has 0 saturated carbocycles. The normalized spacial score (nSPS) is 11.8. The average Bonchev–Trinajstić information content (AvgIpc) is 2.08. The Kier molecular flexibility index (Phi) is 3.58. The van der Waals surface area contributed by atoms with Crippen molar-refractivity contribution in [3.8, 4) is 0 Å². The van der Waals surface area contributed by atoms with Gasteiger partial charge in [0.25, 0.3) is 0 Å². The third kappa shape index (κ3) is 2.73. The van der Waals surface area contributed by atoms with Gasteiger partial charge in [0.15, 0.2) is 5.15 Å². The fourth-order valence-corrected chi connectivity index (χ4v) is 2.27. The fourth-order valence-electron chi connectivity index (χ4n) is 1.17. The molecule has 0 aromatic carbocycles. The maximum atomic E-state index is 11.4. The maximum Gasteiger partial charge on any atom is 0.312 e. The highest BCUT2D eigenvalue weighted by Gasteiger charge is 2.23. The Labute approximate surface area is 98.7 Å². The van der Waals surface area contributed by atoms with E-state index in [1.807, 2.05) is 0 Å². The van der Waals surface area contributed by atoms with Crippen molar-refractivity contribution in [3.63, 3.8) is 0 Å². The Balaban J connectivity index is 3.38. The van der Waals surface area contributed by atoms with E-state index < -0.39 is 10.2 Å². The quantitative estimate of drug-likeness (QED) is 0.582. The second-order valence-electron chi connectivity index (χ2n) is 3.21. The second kappa shape index (κ2) is 4.42.